The van der Waals surface area contributed by atoms with Gasteiger partial charge in [-0.15, -0.1) is 0 Å². The first-order valence-corrected chi connectivity index (χ1v) is 9.73. The molecule has 2 amide bonds. The van der Waals surface area contributed by atoms with Crippen molar-refractivity contribution in [1.82, 2.24) is 15.6 Å². The van der Waals surface area contributed by atoms with Crippen molar-refractivity contribution in [2.75, 3.05) is 0 Å². The number of rotatable bonds is 7. The molecule has 1 aliphatic rings. The molecule has 1 heterocycles. The summed E-state index contributed by atoms with van der Waals surface area (Å²) in [6.45, 7) is 4.76. The number of carbonyl (C=O) groups is 2. The van der Waals surface area contributed by atoms with E-state index in [9.17, 15) is 9.59 Å². The van der Waals surface area contributed by atoms with Crippen molar-refractivity contribution in [2.24, 2.45) is 0 Å². The zero-order chi connectivity index (χ0) is 18.5. The number of carbonyl (C=O) groups excluding carboxylic acids is 2. The predicted octanol–water partition coefficient (Wildman–Crippen LogP) is 3.49. The van der Waals surface area contributed by atoms with Gasteiger partial charge in [-0.2, -0.15) is 0 Å². The lowest BCUT2D eigenvalue weighted by molar-refractivity contribution is -0.126. The highest BCUT2D eigenvalue weighted by Crippen LogP contribution is 2.23. The maximum atomic E-state index is 12.0. The summed E-state index contributed by atoms with van der Waals surface area (Å²) < 4.78 is 0. The molecule has 0 unspecified atom stereocenters. The van der Waals surface area contributed by atoms with Gasteiger partial charge in [0.25, 0.3) is 0 Å². The van der Waals surface area contributed by atoms with E-state index in [-0.39, 0.29) is 24.7 Å². The zero-order valence-corrected chi connectivity index (χ0v) is 15.8. The zero-order valence-electron chi connectivity index (χ0n) is 15.8. The number of benzene rings is 1. The van der Waals surface area contributed by atoms with Crippen molar-refractivity contribution < 1.29 is 9.59 Å². The Hall–Kier alpha value is -2.30. The fourth-order valence-corrected chi connectivity index (χ4v) is 3.78. The summed E-state index contributed by atoms with van der Waals surface area (Å²) in [5.74, 6) is -0.0878. The SMILES string of the molecule is CCc1[nH]c2ccc(CNC(=O)CCC(=O)NC3CCCC3)cc2c1C. The minimum Gasteiger partial charge on any atom is -0.358 e. The second kappa shape index (κ2) is 8.39. The number of aromatic amines is 1. The molecule has 1 saturated carbocycles. The summed E-state index contributed by atoms with van der Waals surface area (Å²) in [5.41, 5.74) is 4.75. The van der Waals surface area contributed by atoms with Gasteiger partial charge in [0.15, 0.2) is 0 Å². The summed E-state index contributed by atoms with van der Waals surface area (Å²) in [5, 5.41) is 7.16. The van der Waals surface area contributed by atoms with Crippen LogP contribution in [0.25, 0.3) is 10.9 Å². The van der Waals surface area contributed by atoms with Crippen LogP contribution >= 0.6 is 0 Å². The van der Waals surface area contributed by atoms with Gasteiger partial charge in [-0.25, -0.2) is 0 Å². The smallest absolute Gasteiger partial charge is 0.220 e. The van der Waals surface area contributed by atoms with Crippen LogP contribution < -0.4 is 10.6 Å². The maximum absolute atomic E-state index is 12.0. The molecule has 3 N–H and O–H groups in total. The maximum Gasteiger partial charge on any atom is 0.220 e. The Morgan fingerprint density at radius 1 is 1.15 bits per heavy atom. The van der Waals surface area contributed by atoms with Gasteiger partial charge < -0.3 is 15.6 Å². The van der Waals surface area contributed by atoms with Gasteiger partial charge in [0, 0.05) is 42.0 Å². The molecule has 1 aliphatic carbocycles. The topological polar surface area (TPSA) is 74.0 Å². The quantitative estimate of drug-likeness (QED) is 0.711. The van der Waals surface area contributed by atoms with E-state index in [1.54, 1.807) is 0 Å². The van der Waals surface area contributed by atoms with E-state index < -0.39 is 0 Å². The minimum atomic E-state index is -0.0771. The molecule has 26 heavy (non-hydrogen) atoms. The lowest BCUT2D eigenvalue weighted by Gasteiger charge is -2.11. The first-order valence-electron chi connectivity index (χ1n) is 9.73. The molecule has 0 spiro atoms. The highest BCUT2D eigenvalue weighted by Gasteiger charge is 2.17. The van der Waals surface area contributed by atoms with Crippen LogP contribution in [-0.2, 0) is 22.6 Å². The van der Waals surface area contributed by atoms with Crippen LogP contribution in [0.4, 0.5) is 0 Å². The summed E-state index contributed by atoms with van der Waals surface area (Å²) >= 11 is 0. The Balaban J connectivity index is 1.47. The van der Waals surface area contributed by atoms with Crippen molar-refractivity contribution in [3.05, 3.63) is 35.0 Å². The molecule has 5 heteroatoms. The molecule has 140 valence electrons. The number of hydrogen-bond acceptors (Lipinski definition) is 2. The number of aryl methyl sites for hydroxylation is 2. The summed E-state index contributed by atoms with van der Waals surface area (Å²) in [7, 11) is 0. The second-order valence-corrected chi connectivity index (χ2v) is 7.29. The normalized spacial score (nSPS) is 14.7. The van der Waals surface area contributed by atoms with Crippen LogP contribution in [0.15, 0.2) is 18.2 Å². The van der Waals surface area contributed by atoms with Gasteiger partial charge in [-0.05, 0) is 49.4 Å². The molecule has 2 aromatic rings. The lowest BCUT2D eigenvalue weighted by atomic mass is 10.1. The average Bonchev–Trinajstić information content (AvgIpc) is 3.26. The molecule has 5 nitrogen and oxygen atoms in total. The highest BCUT2D eigenvalue weighted by molar-refractivity contribution is 5.86. The van der Waals surface area contributed by atoms with Gasteiger partial charge in [-0.1, -0.05) is 25.8 Å². The van der Waals surface area contributed by atoms with Gasteiger partial charge in [0.1, 0.15) is 0 Å². The number of fused-ring (bicyclic) bond motifs is 1. The number of nitrogens with one attached hydrogen (secondary N) is 3. The van der Waals surface area contributed by atoms with Gasteiger partial charge >= 0.3 is 0 Å². The van der Waals surface area contributed by atoms with Crippen LogP contribution in [0, 0.1) is 6.92 Å². The van der Waals surface area contributed by atoms with E-state index in [4.69, 9.17) is 0 Å². The van der Waals surface area contributed by atoms with Crippen molar-refractivity contribution >= 4 is 22.7 Å². The Morgan fingerprint density at radius 2 is 1.88 bits per heavy atom. The van der Waals surface area contributed by atoms with Gasteiger partial charge in [-0.3, -0.25) is 9.59 Å². The molecule has 0 atom stereocenters. The molecule has 0 radical (unpaired) electrons. The monoisotopic (exact) mass is 355 g/mol. The Kier molecular flexibility index (Phi) is 5.96. The Bertz CT molecular complexity index is 788. The molecular weight excluding hydrogens is 326 g/mol. The fourth-order valence-electron chi connectivity index (χ4n) is 3.78. The summed E-state index contributed by atoms with van der Waals surface area (Å²) in [6, 6.07) is 6.55. The summed E-state index contributed by atoms with van der Waals surface area (Å²) in [4.78, 5) is 27.4. The second-order valence-electron chi connectivity index (χ2n) is 7.29. The van der Waals surface area contributed by atoms with Crippen molar-refractivity contribution in [3.8, 4) is 0 Å². The van der Waals surface area contributed by atoms with Crippen molar-refractivity contribution in [3.63, 3.8) is 0 Å². The first kappa shape index (κ1) is 18.5. The van der Waals surface area contributed by atoms with E-state index in [0.717, 1.165) is 30.3 Å². The Labute approximate surface area is 154 Å². The molecule has 0 saturated heterocycles. The molecule has 3 rings (SSSR count). The number of hydrogen-bond donors (Lipinski definition) is 3. The predicted molar refractivity (Wildman–Crippen MR) is 104 cm³/mol. The largest absolute Gasteiger partial charge is 0.358 e. The summed E-state index contributed by atoms with van der Waals surface area (Å²) in [6.07, 6.45) is 6.00. The molecule has 0 aliphatic heterocycles. The average molecular weight is 355 g/mol. The number of H-pyrrole nitrogens is 1. The molecule has 1 fully saturated rings. The van der Waals surface area contributed by atoms with E-state index in [1.807, 2.05) is 6.07 Å². The Morgan fingerprint density at radius 3 is 2.62 bits per heavy atom. The third-order valence-corrected chi connectivity index (χ3v) is 5.37. The third-order valence-electron chi connectivity index (χ3n) is 5.37. The molecule has 1 aromatic heterocycles. The lowest BCUT2D eigenvalue weighted by Crippen LogP contribution is -2.33. The van der Waals surface area contributed by atoms with E-state index >= 15 is 0 Å². The van der Waals surface area contributed by atoms with Gasteiger partial charge in [0.05, 0.1) is 0 Å². The minimum absolute atomic E-state index is 0.0106. The molecule has 0 bridgehead atoms. The number of aromatic nitrogens is 1. The van der Waals surface area contributed by atoms with Crippen LogP contribution in [0.2, 0.25) is 0 Å². The standard InChI is InChI=1S/C21H29N3O2/c1-3-18-14(2)17-12-15(8-9-19(17)24-18)13-22-20(25)10-11-21(26)23-16-6-4-5-7-16/h8-9,12,16,24H,3-7,10-11,13H2,1-2H3,(H,22,25)(H,23,26). The van der Waals surface area contributed by atoms with E-state index in [0.29, 0.717) is 12.6 Å². The molecular formula is C21H29N3O2. The number of amides is 2. The van der Waals surface area contributed by atoms with Crippen LogP contribution in [0.5, 0.6) is 0 Å². The van der Waals surface area contributed by atoms with E-state index in [1.165, 1.54) is 29.5 Å². The fraction of sp³-hybridized carbons (Fsp3) is 0.524. The third kappa shape index (κ3) is 4.45. The highest BCUT2D eigenvalue weighted by atomic mass is 16.2. The van der Waals surface area contributed by atoms with E-state index in [2.05, 4.69) is 41.6 Å². The van der Waals surface area contributed by atoms with Crippen molar-refractivity contribution in [1.29, 1.82) is 0 Å². The van der Waals surface area contributed by atoms with Crippen LogP contribution in [0.3, 0.4) is 0 Å². The first-order chi connectivity index (χ1) is 12.6. The van der Waals surface area contributed by atoms with Crippen molar-refractivity contribution in [2.45, 2.75) is 71.4 Å². The van der Waals surface area contributed by atoms with Crippen LogP contribution in [0.1, 0.15) is 62.3 Å². The van der Waals surface area contributed by atoms with Gasteiger partial charge in [0.2, 0.25) is 11.8 Å². The molecule has 1 aromatic carbocycles. The van der Waals surface area contributed by atoms with Crippen LogP contribution in [-0.4, -0.2) is 22.8 Å².